The van der Waals surface area contributed by atoms with Crippen LogP contribution in [0.5, 0.6) is 5.75 Å². The lowest BCUT2D eigenvalue weighted by atomic mass is 10.2. The fourth-order valence-corrected chi connectivity index (χ4v) is 3.82. The van der Waals surface area contributed by atoms with Gasteiger partial charge in [-0.05, 0) is 42.8 Å². The Kier molecular flexibility index (Phi) is 6.76. The summed E-state index contributed by atoms with van der Waals surface area (Å²) in [7, 11) is 0. The number of morpholine rings is 1. The maximum Gasteiger partial charge on any atom is 0.156 e. The number of hydrogen-bond donors (Lipinski definition) is 1. The lowest BCUT2D eigenvalue weighted by Crippen LogP contribution is -2.36. The van der Waals surface area contributed by atoms with E-state index in [4.69, 9.17) is 44.3 Å². The predicted octanol–water partition coefficient (Wildman–Crippen LogP) is 5.49. The zero-order valence-corrected chi connectivity index (χ0v) is 16.8. The average Bonchev–Trinajstić information content (AvgIpc) is 2.64. The van der Waals surface area contributed by atoms with Crippen LogP contribution in [-0.2, 0) is 11.3 Å². The first-order valence-electron chi connectivity index (χ1n) is 8.55. The lowest BCUT2D eigenvalue weighted by Gasteiger charge is -2.29. The molecular formula is C19H21Cl3N2O2. The van der Waals surface area contributed by atoms with Gasteiger partial charge in [-0.25, -0.2) is 0 Å². The highest BCUT2D eigenvalue weighted by Gasteiger charge is 2.14. The van der Waals surface area contributed by atoms with Crippen LogP contribution in [0.25, 0.3) is 0 Å². The molecule has 2 aromatic carbocycles. The molecule has 0 aromatic heterocycles. The van der Waals surface area contributed by atoms with Crippen molar-refractivity contribution in [3.8, 4) is 5.75 Å². The predicted molar refractivity (Wildman–Crippen MR) is 109 cm³/mol. The van der Waals surface area contributed by atoms with E-state index in [2.05, 4.69) is 10.2 Å². The topological polar surface area (TPSA) is 33.7 Å². The Morgan fingerprint density at radius 2 is 1.73 bits per heavy atom. The lowest BCUT2D eigenvalue weighted by molar-refractivity contribution is 0.122. The van der Waals surface area contributed by atoms with E-state index >= 15 is 0 Å². The molecule has 0 amide bonds. The summed E-state index contributed by atoms with van der Waals surface area (Å²) in [6, 6.07) is 9.71. The second-order valence-electron chi connectivity index (χ2n) is 5.94. The molecule has 0 spiro atoms. The van der Waals surface area contributed by atoms with Gasteiger partial charge in [-0.2, -0.15) is 0 Å². The number of benzene rings is 2. The SMILES string of the molecule is CCOc1c(Cl)cc(CNc2ccc(N3CCOCC3)c(Cl)c2)cc1Cl. The third-order valence-corrected chi connectivity index (χ3v) is 5.01. The number of nitrogens with one attached hydrogen (secondary N) is 1. The molecule has 0 radical (unpaired) electrons. The van der Waals surface area contributed by atoms with E-state index in [0.717, 1.165) is 48.3 Å². The molecule has 2 aromatic rings. The maximum absolute atomic E-state index is 6.47. The van der Waals surface area contributed by atoms with Crippen molar-refractivity contribution in [3.63, 3.8) is 0 Å². The second kappa shape index (κ2) is 9.05. The van der Waals surface area contributed by atoms with E-state index in [9.17, 15) is 0 Å². The van der Waals surface area contributed by atoms with Crippen molar-refractivity contribution in [2.45, 2.75) is 13.5 Å². The van der Waals surface area contributed by atoms with Crippen LogP contribution in [0.2, 0.25) is 15.1 Å². The quantitative estimate of drug-likeness (QED) is 0.676. The van der Waals surface area contributed by atoms with Gasteiger partial charge in [0.1, 0.15) is 0 Å². The van der Waals surface area contributed by atoms with Crippen LogP contribution in [-0.4, -0.2) is 32.9 Å². The van der Waals surface area contributed by atoms with E-state index in [-0.39, 0.29) is 0 Å². The molecule has 1 N–H and O–H groups in total. The largest absolute Gasteiger partial charge is 0.491 e. The zero-order valence-electron chi connectivity index (χ0n) is 14.5. The number of hydrogen-bond acceptors (Lipinski definition) is 4. The number of ether oxygens (including phenoxy) is 2. The summed E-state index contributed by atoms with van der Waals surface area (Å²) in [5, 5.41) is 5.10. The van der Waals surface area contributed by atoms with Crippen molar-refractivity contribution < 1.29 is 9.47 Å². The van der Waals surface area contributed by atoms with E-state index in [1.165, 1.54) is 0 Å². The van der Waals surface area contributed by atoms with Crippen LogP contribution in [0.4, 0.5) is 11.4 Å². The number of rotatable bonds is 6. The molecule has 1 aliphatic rings. The third-order valence-electron chi connectivity index (χ3n) is 4.14. The third kappa shape index (κ3) is 4.68. The standard InChI is InChI=1S/C19H21Cl3N2O2/c1-2-26-19-16(21)9-13(10-17(19)22)12-23-14-3-4-18(15(20)11-14)24-5-7-25-8-6-24/h3-4,9-11,23H,2,5-8,12H2,1H3. The molecule has 0 unspecified atom stereocenters. The minimum absolute atomic E-state index is 0.511. The van der Waals surface area contributed by atoms with Gasteiger partial charge in [-0.3, -0.25) is 0 Å². The van der Waals surface area contributed by atoms with Crippen LogP contribution in [0.1, 0.15) is 12.5 Å². The highest BCUT2D eigenvalue weighted by atomic mass is 35.5. The van der Waals surface area contributed by atoms with Crippen LogP contribution < -0.4 is 15.0 Å². The molecule has 0 aliphatic carbocycles. The Labute approximate surface area is 168 Å². The Morgan fingerprint density at radius 3 is 2.35 bits per heavy atom. The maximum atomic E-state index is 6.47. The molecule has 7 heteroatoms. The van der Waals surface area contributed by atoms with Crippen LogP contribution in [0, 0.1) is 0 Å². The first-order valence-corrected chi connectivity index (χ1v) is 9.68. The smallest absolute Gasteiger partial charge is 0.156 e. The minimum Gasteiger partial charge on any atom is -0.491 e. The molecule has 1 fully saturated rings. The van der Waals surface area contributed by atoms with Gasteiger partial charge in [0.15, 0.2) is 5.75 Å². The fraction of sp³-hybridized carbons (Fsp3) is 0.368. The molecule has 0 bridgehead atoms. The molecule has 1 heterocycles. The molecule has 3 rings (SSSR count). The number of halogens is 3. The van der Waals surface area contributed by atoms with Gasteiger partial charge in [0, 0.05) is 25.3 Å². The van der Waals surface area contributed by atoms with Crippen LogP contribution >= 0.6 is 34.8 Å². The number of nitrogens with zero attached hydrogens (tertiary/aromatic N) is 1. The fourth-order valence-electron chi connectivity index (χ4n) is 2.88. The molecule has 4 nitrogen and oxygen atoms in total. The first-order chi connectivity index (χ1) is 12.6. The molecule has 0 atom stereocenters. The molecule has 140 valence electrons. The summed E-state index contributed by atoms with van der Waals surface area (Å²) in [6.07, 6.45) is 0. The summed E-state index contributed by atoms with van der Waals surface area (Å²) >= 11 is 19.0. The Balaban J connectivity index is 1.67. The van der Waals surface area contributed by atoms with Crippen molar-refractivity contribution in [2.24, 2.45) is 0 Å². The summed E-state index contributed by atoms with van der Waals surface area (Å²) in [6.45, 7) is 6.17. The Morgan fingerprint density at radius 1 is 1.04 bits per heavy atom. The van der Waals surface area contributed by atoms with E-state index in [1.54, 1.807) is 0 Å². The summed E-state index contributed by atoms with van der Waals surface area (Å²) in [4.78, 5) is 2.24. The van der Waals surface area contributed by atoms with Crippen molar-refractivity contribution in [1.29, 1.82) is 0 Å². The van der Waals surface area contributed by atoms with Gasteiger partial charge in [0.2, 0.25) is 0 Å². The molecule has 0 saturated carbocycles. The molecule has 1 saturated heterocycles. The molecular weight excluding hydrogens is 395 g/mol. The highest BCUT2D eigenvalue weighted by molar-refractivity contribution is 6.37. The van der Waals surface area contributed by atoms with Gasteiger partial charge in [-0.15, -0.1) is 0 Å². The molecule has 26 heavy (non-hydrogen) atoms. The first kappa shape index (κ1) is 19.4. The van der Waals surface area contributed by atoms with Gasteiger partial charge < -0.3 is 19.7 Å². The van der Waals surface area contributed by atoms with Crippen LogP contribution in [0.15, 0.2) is 30.3 Å². The van der Waals surface area contributed by atoms with Crippen molar-refractivity contribution in [1.82, 2.24) is 0 Å². The van der Waals surface area contributed by atoms with Crippen molar-refractivity contribution in [2.75, 3.05) is 43.1 Å². The van der Waals surface area contributed by atoms with Gasteiger partial charge >= 0.3 is 0 Å². The summed E-state index contributed by atoms with van der Waals surface area (Å²) in [5.41, 5.74) is 2.94. The van der Waals surface area contributed by atoms with E-state index in [1.807, 2.05) is 37.3 Å². The van der Waals surface area contributed by atoms with Crippen LogP contribution in [0.3, 0.4) is 0 Å². The van der Waals surface area contributed by atoms with E-state index in [0.29, 0.717) is 28.9 Å². The highest BCUT2D eigenvalue weighted by Crippen LogP contribution is 2.35. The molecule has 1 aliphatic heterocycles. The van der Waals surface area contributed by atoms with E-state index < -0.39 is 0 Å². The Hall–Kier alpha value is -1.33. The Bertz CT molecular complexity index is 741. The van der Waals surface area contributed by atoms with Gasteiger partial charge in [-0.1, -0.05) is 34.8 Å². The normalized spacial score (nSPS) is 14.4. The minimum atomic E-state index is 0.511. The van der Waals surface area contributed by atoms with Crippen molar-refractivity contribution in [3.05, 3.63) is 51.0 Å². The zero-order chi connectivity index (χ0) is 18.5. The van der Waals surface area contributed by atoms with Gasteiger partial charge in [0.05, 0.1) is 40.6 Å². The average molecular weight is 416 g/mol. The summed E-state index contributed by atoms with van der Waals surface area (Å²) in [5.74, 6) is 0.525. The van der Waals surface area contributed by atoms with Crippen molar-refractivity contribution >= 4 is 46.2 Å². The van der Waals surface area contributed by atoms with Gasteiger partial charge in [0.25, 0.3) is 0 Å². The number of anilines is 2. The second-order valence-corrected chi connectivity index (χ2v) is 7.16. The monoisotopic (exact) mass is 414 g/mol. The summed E-state index contributed by atoms with van der Waals surface area (Å²) < 4.78 is 10.8.